The highest BCUT2D eigenvalue weighted by molar-refractivity contribution is 7.87. The van der Waals surface area contributed by atoms with Crippen LogP contribution in [-0.4, -0.2) is 75.1 Å². The van der Waals surface area contributed by atoms with Crippen LogP contribution in [-0.2, 0) is 50.6 Å². The van der Waals surface area contributed by atoms with Crippen LogP contribution in [0.1, 0.15) is 0 Å². The zero-order chi connectivity index (χ0) is 57.3. The average Bonchev–Trinajstić information content (AvgIpc) is 3.46. The second-order valence-corrected chi connectivity index (χ2v) is 23.9. The van der Waals surface area contributed by atoms with Crippen molar-refractivity contribution >= 4 is 150 Å². The minimum atomic E-state index is -5.42. The molecule has 2 N–H and O–H groups in total. The van der Waals surface area contributed by atoms with Gasteiger partial charge in [0, 0.05) is 43.1 Å². The Hall–Kier alpha value is -8.95. The van der Waals surface area contributed by atoms with E-state index in [9.17, 15) is 75.1 Å². The van der Waals surface area contributed by atoms with Gasteiger partial charge in [0.2, 0.25) is 0 Å². The molecule has 0 aliphatic heterocycles. The molecule has 0 aliphatic carbocycles. The van der Waals surface area contributed by atoms with Gasteiger partial charge in [-0.2, -0.15) is 10.2 Å². The lowest BCUT2D eigenvalue weighted by molar-refractivity contribution is 0.458. The van der Waals surface area contributed by atoms with Crippen molar-refractivity contribution in [2.24, 2.45) is 40.9 Å². The molecule has 0 radical (unpaired) electrons. The fourth-order valence-electron chi connectivity index (χ4n) is 8.51. The van der Waals surface area contributed by atoms with Crippen molar-refractivity contribution in [3.05, 3.63) is 152 Å². The normalized spacial score (nSPS) is 13.2. The molecule has 0 aliphatic rings. The lowest BCUT2D eigenvalue weighted by atomic mass is 10.1. The van der Waals surface area contributed by atoms with Gasteiger partial charge in [-0.25, -0.2) is 42.1 Å². The van der Waals surface area contributed by atoms with Gasteiger partial charge in [0.25, 0.3) is 0 Å². The number of hydrogen-bond acceptors (Lipinski definition) is 25. The number of hydrogen-bond donors (Lipinski definition) is 2. The molecule has 0 bridgehead atoms. The van der Waals surface area contributed by atoms with E-state index < -0.39 is 86.5 Å². The van der Waals surface area contributed by atoms with Crippen LogP contribution in [0, 0.1) is 0 Å². The molecule has 0 fully saturated rings. The maximum Gasteiger partial charge on any atom is 0.152 e. The van der Waals surface area contributed by atoms with E-state index in [1.807, 2.05) is 0 Å². The van der Waals surface area contributed by atoms with Crippen molar-refractivity contribution in [3.63, 3.8) is 0 Å². The fourth-order valence-corrected chi connectivity index (χ4v) is 11.6. The number of aromatic hydroxyl groups is 2. The summed E-state index contributed by atoms with van der Waals surface area (Å²) < 4.78 is 182. The number of fused-ring (bicyclic) bond motifs is 5. The van der Waals surface area contributed by atoms with Crippen LogP contribution in [0.4, 0.5) is 45.5 Å². The molecule has 0 amide bonds. The van der Waals surface area contributed by atoms with Crippen LogP contribution in [0.5, 0.6) is 11.5 Å². The molecule has 404 valence electrons. The highest BCUT2D eigenvalue weighted by Gasteiger charge is 2.21. The highest BCUT2D eigenvalue weighted by atomic mass is 32.2. The molecule has 25 nitrogen and oxygen atoms in total. The summed E-state index contributed by atoms with van der Waals surface area (Å²) in [6.45, 7) is 0. The summed E-state index contributed by atoms with van der Waals surface area (Å²) in [5.41, 5.74) is -1.09. The van der Waals surface area contributed by atoms with Crippen molar-refractivity contribution in [1.29, 1.82) is 0 Å². The first kappa shape index (κ1) is 54.4. The van der Waals surface area contributed by atoms with E-state index in [4.69, 9.17) is 0 Å². The lowest BCUT2D eigenvalue weighted by Gasteiger charge is -2.15. The largest absolute Gasteiger partial charge is 0.744 e. The Balaban J connectivity index is 1.01. The Labute approximate surface area is 451 Å². The Kier molecular flexibility index (Phi) is 13.6. The van der Waals surface area contributed by atoms with Crippen molar-refractivity contribution in [2.75, 3.05) is 0 Å². The van der Waals surface area contributed by atoms with E-state index in [1.165, 1.54) is 66.7 Å². The molecule has 0 spiro atoms. The maximum absolute atomic E-state index is 12.6. The SMILES string of the molecule is O=S(=O)([O-])c1ccc2c(N=Nc3ccc4cc(S(=O)(=O)[O-])c(N=Nc5ccc(N=Nc6ccc(N=Nc7cc(S(=O)(=O)[O-])c8cccc(S(=O)(=O)[O-])c8c7)c7ccccc67)c6ccc(S(=O)(=O)[O-])cc56)c(O)c4c3)c(O)ccc2c1. The molecular weight excluding hydrogens is 1140 g/mol. The molecule has 10 aromatic rings. The van der Waals surface area contributed by atoms with Crippen molar-refractivity contribution in [3.8, 4) is 11.5 Å². The van der Waals surface area contributed by atoms with Crippen LogP contribution >= 0.6 is 0 Å². The third-order valence-corrected chi connectivity index (χ3v) is 16.4. The van der Waals surface area contributed by atoms with Crippen molar-refractivity contribution in [1.82, 2.24) is 0 Å². The first-order valence-corrected chi connectivity index (χ1v) is 29.3. The van der Waals surface area contributed by atoms with Gasteiger partial charge in [0.05, 0.1) is 58.6 Å². The van der Waals surface area contributed by atoms with E-state index in [0.29, 0.717) is 10.8 Å². The zero-order valence-electron chi connectivity index (χ0n) is 39.6. The van der Waals surface area contributed by atoms with Gasteiger partial charge < -0.3 is 33.0 Å². The third-order valence-electron chi connectivity index (χ3n) is 12.1. The van der Waals surface area contributed by atoms with Crippen LogP contribution in [0.25, 0.3) is 53.9 Å². The average molecular weight is 1170 g/mol. The Morgan fingerprint density at radius 2 is 0.775 bits per heavy atom. The Bertz CT molecular complexity index is 5080. The standard InChI is InChI=1S/C50H32N8O17S5/c59-44-19-9-26-20-30(76(61,62)63)11-13-32(26)48(44)57-51-28-10-8-27-21-47(80(73,74)75)49(50(60)37(27)22-28)58-56-43-18-17-42(35-14-12-31(25-38(35)43)77(64,65)66)55-54-41-16-15-40(33-4-1-2-5-34(33)41)53-52-29-23-39-36(46(24-29)79(70,71)72)6-3-7-45(39)78(67,68)69/h1-25,59-60H,(H,61,62,63)(H,64,65,66)(H,67,68,69)(H,70,71,72)(H,73,74,75)/p-5. The topological polar surface area (TPSA) is 425 Å². The van der Waals surface area contributed by atoms with Gasteiger partial charge in [-0.05, 0) is 102 Å². The van der Waals surface area contributed by atoms with Crippen LogP contribution in [0.3, 0.4) is 0 Å². The number of phenols is 2. The van der Waals surface area contributed by atoms with Crippen LogP contribution < -0.4 is 0 Å². The summed E-state index contributed by atoms with van der Waals surface area (Å²) in [5, 5.41) is 55.8. The van der Waals surface area contributed by atoms with Gasteiger partial charge in [0.1, 0.15) is 67.7 Å². The molecule has 0 saturated carbocycles. The second-order valence-electron chi connectivity index (χ2n) is 17.1. The molecule has 0 saturated heterocycles. The molecule has 30 heteroatoms. The molecule has 0 atom stereocenters. The predicted molar refractivity (Wildman–Crippen MR) is 280 cm³/mol. The first-order valence-electron chi connectivity index (χ1n) is 22.3. The smallest absolute Gasteiger partial charge is 0.152 e. The first-order chi connectivity index (χ1) is 37.6. The minimum Gasteiger partial charge on any atom is -0.744 e. The van der Waals surface area contributed by atoms with E-state index in [-0.39, 0.29) is 88.7 Å². The lowest BCUT2D eigenvalue weighted by Crippen LogP contribution is -2.03. The fraction of sp³-hybridized carbons (Fsp3) is 0. The van der Waals surface area contributed by atoms with Crippen molar-refractivity contribution in [2.45, 2.75) is 24.5 Å². The zero-order valence-corrected chi connectivity index (χ0v) is 43.7. The second kappa shape index (κ2) is 20.1. The Morgan fingerprint density at radius 1 is 0.300 bits per heavy atom. The summed E-state index contributed by atoms with van der Waals surface area (Å²) in [6, 6.07) is 31.0. The third kappa shape index (κ3) is 10.8. The van der Waals surface area contributed by atoms with E-state index in [0.717, 1.165) is 60.7 Å². The number of nitrogens with zero attached hydrogens (tertiary/aromatic N) is 8. The molecule has 0 heterocycles. The van der Waals surface area contributed by atoms with Crippen LogP contribution in [0.2, 0.25) is 0 Å². The monoisotopic (exact) mass is 1170 g/mol. The van der Waals surface area contributed by atoms with E-state index in [2.05, 4.69) is 40.9 Å². The van der Waals surface area contributed by atoms with Crippen LogP contribution in [0.15, 0.2) is 217 Å². The Morgan fingerprint density at radius 3 is 1.38 bits per heavy atom. The van der Waals surface area contributed by atoms with Gasteiger partial charge in [-0.1, -0.05) is 60.7 Å². The minimum absolute atomic E-state index is 0.000398. The number of benzene rings is 10. The van der Waals surface area contributed by atoms with Gasteiger partial charge >= 0.3 is 0 Å². The quantitative estimate of drug-likeness (QED) is 0.0800. The number of azo groups is 4. The molecule has 0 aromatic heterocycles. The summed E-state index contributed by atoms with van der Waals surface area (Å²) in [6.07, 6.45) is 0. The number of rotatable bonds is 13. The molecule has 10 aromatic carbocycles. The summed E-state index contributed by atoms with van der Waals surface area (Å²) >= 11 is 0. The maximum atomic E-state index is 12.6. The summed E-state index contributed by atoms with van der Waals surface area (Å²) in [7, 11) is -25.7. The molecule has 0 unspecified atom stereocenters. The van der Waals surface area contributed by atoms with E-state index in [1.54, 1.807) is 24.3 Å². The van der Waals surface area contributed by atoms with Gasteiger partial charge in [-0.15, -0.1) is 30.7 Å². The summed E-state index contributed by atoms with van der Waals surface area (Å²) in [4.78, 5) is -3.92. The molecule has 10 rings (SSSR count). The van der Waals surface area contributed by atoms with Gasteiger partial charge in [0.15, 0.2) is 5.75 Å². The molecule has 80 heavy (non-hydrogen) atoms. The van der Waals surface area contributed by atoms with E-state index >= 15 is 0 Å². The molecular formula is C50H27N8O17S5-5. The van der Waals surface area contributed by atoms with Crippen molar-refractivity contribution < 1.29 is 75.1 Å². The summed E-state index contributed by atoms with van der Waals surface area (Å²) in [5.74, 6) is -1.27. The number of phenolic OH excluding ortho intramolecular Hbond substituents is 2. The highest BCUT2D eigenvalue weighted by Crippen LogP contribution is 2.45. The van der Waals surface area contributed by atoms with Gasteiger partial charge in [-0.3, -0.25) is 0 Å². The predicted octanol–water partition coefficient (Wildman–Crippen LogP) is 11.0.